The Balaban J connectivity index is 2.24. The summed E-state index contributed by atoms with van der Waals surface area (Å²) in [6.07, 6.45) is 1.23. The van der Waals surface area contributed by atoms with Crippen molar-refractivity contribution in [2.75, 3.05) is 18.1 Å². The summed E-state index contributed by atoms with van der Waals surface area (Å²) in [5, 5.41) is 0. The molecule has 0 aliphatic heterocycles. The molecule has 0 fully saturated rings. The minimum absolute atomic E-state index is 0.571. The van der Waals surface area contributed by atoms with Crippen LogP contribution in [0.3, 0.4) is 0 Å². The maximum absolute atomic E-state index is 5.62. The highest BCUT2D eigenvalue weighted by atomic mass is 32.2. The molecule has 0 spiro atoms. The van der Waals surface area contributed by atoms with Crippen molar-refractivity contribution in [3.8, 4) is 5.75 Å². The summed E-state index contributed by atoms with van der Waals surface area (Å²) in [7, 11) is 0. The first-order chi connectivity index (χ1) is 7.36. The molecule has 0 amide bonds. The molecular weight excluding hydrogens is 206 g/mol. The van der Waals surface area contributed by atoms with Gasteiger partial charge in [-0.15, -0.1) is 0 Å². The van der Waals surface area contributed by atoms with Crippen molar-refractivity contribution in [3.63, 3.8) is 0 Å². The lowest BCUT2D eigenvalue weighted by Gasteiger charge is -2.06. The Hall–Kier alpha value is -0.670. The maximum atomic E-state index is 5.62. The van der Waals surface area contributed by atoms with E-state index in [-0.39, 0.29) is 0 Å². The van der Waals surface area contributed by atoms with Gasteiger partial charge >= 0.3 is 0 Å². The second-order valence-corrected chi connectivity index (χ2v) is 4.54. The van der Waals surface area contributed by atoms with Gasteiger partial charge in [0.15, 0.2) is 0 Å². The van der Waals surface area contributed by atoms with E-state index in [4.69, 9.17) is 10.5 Å². The molecule has 0 unspecified atom stereocenters. The van der Waals surface area contributed by atoms with Gasteiger partial charge in [0, 0.05) is 12.3 Å². The smallest absolute Gasteiger partial charge is 0.119 e. The molecule has 0 radical (unpaired) electrons. The van der Waals surface area contributed by atoms with Crippen LogP contribution in [0.2, 0.25) is 0 Å². The molecule has 15 heavy (non-hydrogen) atoms. The highest BCUT2D eigenvalue weighted by Crippen LogP contribution is 2.13. The number of hydrogen-bond donors (Lipinski definition) is 1. The van der Waals surface area contributed by atoms with Crippen molar-refractivity contribution in [2.24, 2.45) is 5.73 Å². The molecule has 1 rings (SSSR count). The van der Waals surface area contributed by atoms with Crippen molar-refractivity contribution in [1.29, 1.82) is 0 Å². The van der Waals surface area contributed by atoms with Gasteiger partial charge in [-0.05, 0) is 29.9 Å². The minimum atomic E-state index is 0.571. The van der Waals surface area contributed by atoms with Crippen LogP contribution < -0.4 is 10.5 Å². The Kier molecular flexibility index (Phi) is 6.28. The lowest BCUT2D eigenvalue weighted by Crippen LogP contribution is -2.02. The second kappa shape index (κ2) is 7.60. The Labute approximate surface area is 96.2 Å². The van der Waals surface area contributed by atoms with E-state index in [1.54, 1.807) is 0 Å². The van der Waals surface area contributed by atoms with Crippen LogP contribution in [0, 0.1) is 0 Å². The normalized spacial score (nSPS) is 10.3. The van der Waals surface area contributed by atoms with Crippen molar-refractivity contribution in [1.82, 2.24) is 0 Å². The average Bonchev–Trinajstić information content (AvgIpc) is 2.29. The summed E-state index contributed by atoms with van der Waals surface area (Å²) < 4.78 is 5.62. The van der Waals surface area contributed by atoms with Gasteiger partial charge in [0.05, 0.1) is 6.61 Å². The molecule has 1 aromatic carbocycles. The molecule has 2 nitrogen and oxygen atoms in total. The monoisotopic (exact) mass is 225 g/mol. The van der Waals surface area contributed by atoms with E-state index in [2.05, 4.69) is 6.92 Å². The number of hydrogen-bond acceptors (Lipinski definition) is 3. The minimum Gasteiger partial charge on any atom is -0.493 e. The Bertz CT molecular complexity index is 278. The van der Waals surface area contributed by atoms with Gasteiger partial charge in [-0.1, -0.05) is 19.1 Å². The van der Waals surface area contributed by atoms with E-state index >= 15 is 0 Å². The van der Waals surface area contributed by atoms with Gasteiger partial charge in [-0.25, -0.2) is 0 Å². The van der Waals surface area contributed by atoms with E-state index in [1.165, 1.54) is 12.2 Å². The summed E-state index contributed by atoms with van der Waals surface area (Å²) in [6, 6.07) is 7.98. The first-order valence-electron chi connectivity index (χ1n) is 5.36. The van der Waals surface area contributed by atoms with Crippen LogP contribution in [-0.4, -0.2) is 18.1 Å². The van der Waals surface area contributed by atoms with E-state index in [0.717, 1.165) is 23.7 Å². The van der Waals surface area contributed by atoms with Crippen LogP contribution in [0.1, 0.15) is 18.9 Å². The number of rotatable bonds is 7. The fourth-order valence-corrected chi connectivity index (χ4v) is 1.92. The highest BCUT2D eigenvalue weighted by Gasteiger charge is 1.95. The molecule has 3 heteroatoms. The van der Waals surface area contributed by atoms with Crippen molar-refractivity contribution in [2.45, 2.75) is 19.9 Å². The summed E-state index contributed by atoms with van der Waals surface area (Å²) in [6.45, 7) is 3.54. The lowest BCUT2D eigenvalue weighted by atomic mass is 10.2. The molecular formula is C12H19NOS. The van der Waals surface area contributed by atoms with Crippen molar-refractivity contribution in [3.05, 3.63) is 29.8 Å². The lowest BCUT2D eigenvalue weighted by molar-refractivity contribution is 0.343. The summed E-state index contributed by atoms with van der Waals surface area (Å²) in [5.74, 6) is 3.20. The molecule has 0 saturated carbocycles. The standard InChI is InChI=1S/C12H19NOS/c1-2-7-15-8-6-14-12-5-3-4-11(9-12)10-13/h3-5,9H,2,6-8,10,13H2,1H3. The summed E-state index contributed by atoms with van der Waals surface area (Å²) in [5.41, 5.74) is 6.67. The SMILES string of the molecule is CCCSCCOc1cccc(CN)c1. The third-order valence-electron chi connectivity index (χ3n) is 1.98. The maximum Gasteiger partial charge on any atom is 0.119 e. The molecule has 0 saturated heterocycles. The zero-order valence-electron chi connectivity index (χ0n) is 9.24. The highest BCUT2D eigenvalue weighted by molar-refractivity contribution is 7.99. The van der Waals surface area contributed by atoms with Crippen LogP contribution in [0.4, 0.5) is 0 Å². The molecule has 1 aromatic rings. The topological polar surface area (TPSA) is 35.2 Å². The largest absolute Gasteiger partial charge is 0.493 e. The van der Waals surface area contributed by atoms with Crippen LogP contribution in [0.25, 0.3) is 0 Å². The third kappa shape index (κ3) is 5.09. The number of nitrogens with two attached hydrogens (primary N) is 1. The van der Waals surface area contributed by atoms with Crippen molar-refractivity contribution >= 4 is 11.8 Å². The van der Waals surface area contributed by atoms with E-state index < -0.39 is 0 Å². The molecule has 0 aliphatic carbocycles. The number of thioether (sulfide) groups is 1. The van der Waals surface area contributed by atoms with Gasteiger partial charge < -0.3 is 10.5 Å². The van der Waals surface area contributed by atoms with Gasteiger partial charge in [0.25, 0.3) is 0 Å². The number of benzene rings is 1. The Morgan fingerprint density at radius 2 is 2.20 bits per heavy atom. The molecule has 0 aromatic heterocycles. The Morgan fingerprint density at radius 3 is 2.93 bits per heavy atom. The molecule has 0 atom stereocenters. The van der Waals surface area contributed by atoms with Crippen molar-refractivity contribution < 1.29 is 4.74 Å². The average molecular weight is 225 g/mol. The zero-order chi connectivity index (χ0) is 10.9. The predicted octanol–water partition coefficient (Wildman–Crippen LogP) is 2.67. The molecule has 0 aliphatic rings. The Morgan fingerprint density at radius 1 is 1.33 bits per heavy atom. The first-order valence-corrected chi connectivity index (χ1v) is 6.52. The van der Waals surface area contributed by atoms with Crippen LogP contribution >= 0.6 is 11.8 Å². The van der Waals surface area contributed by atoms with E-state index in [9.17, 15) is 0 Å². The molecule has 2 N–H and O–H groups in total. The van der Waals surface area contributed by atoms with Crippen LogP contribution in [0.5, 0.6) is 5.75 Å². The predicted molar refractivity (Wildman–Crippen MR) is 67.4 cm³/mol. The first kappa shape index (κ1) is 12.4. The molecule has 0 bridgehead atoms. The summed E-state index contributed by atoms with van der Waals surface area (Å²) >= 11 is 1.93. The quantitative estimate of drug-likeness (QED) is 0.725. The van der Waals surface area contributed by atoms with E-state index in [1.807, 2.05) is 36.0 Å². The third-order valence-corrected chi connectivity index (χ3v) is 3.13. The summed E-state index contributed by atoms with van der Waals surface area (Å²) in [4.78, 5) is 0. The zero-order valence-corrected chi connectivity index (χ0v) is 10.1. The fraction of sp³-hybridized carbons (Fsp3) is 0.500. The van der Waals surface area contributed by atoms with Crippen LogP contribution in [0.15, 0.2) is 24.3 Å². The van der Waals surface area contributed by atoms with Crippen LogP contribution in [-0.2, 0) is 6.54 Å². The van der Waals surface area contributed by atoms with Gasteiger partial charge in [0.2, 0.25) is 0 Å². The van der Waals surface area contributed by atoms with Gasteiger partial charge in [-0.2, -0.15) is 11.8 Å². The van der Waals surface area contributed by atoms with Gasteiger partial charge in [0.1, 0.15) is 5.75 Å². The fourth-order valence-electron chi connectivity index (χ4n) is 1.23. The second-order valence-electron chi connectivity index (χ2n) is 3.31. The van der Waals surface area contributed by atoms with Gasteiger partial charge in [-0.3, -0.25) is 0 Å². The molecule has 0 heterocycles. The number of ether oxygens (including phenoxy) is 1. The molecule has 84 valence electrons. The van der Waals surface area contributed by atoms with E-state index in [0.29, 0.717) is 6.54 Å².